The molecule has 13 heavy (non-hydrogen) atoms. The lowest BCUT2D eigenvalue weighted by Gasteiger charge is -1.93. The van der Waals surface area contributed by atoms with E-state index in [0.29, 0.717) is 5.69 Å². The van der Waals surface area contributed by atoms with E-state index >= 15 is 0 Å². The van der Waals surface area contributed by atoms with Gasteiger partial charge in [0, 0.05) is 5.69 Å². The van der Waals surface area contributed by atoms with Crippen LogP contribution in [0.25, 0.3) is 0 Å². The van der Waals surface area contributed by atoms with Gasteiger partial charge in [-0.15, -0.1) is 0 Å². The molecule has 0 radical (unpaired) electrons. The van der Waals surface area contributed by atoms with E-state index < -0.39 is 5.91 Å². The van der Waals surface area contributed by atoms with Gasteiger partial charge in [0.2, 0.25) is 0 Å². The highest BCUT2D eigenvalue weighted by Crippen LogP contribution is 2.05. The average Bonchev–Trinajstić information content (AvgIpc) is 2.53. The number of carbonyl (C=O) groups is 1. The number of unbranched alkanes of at least 4 members (excludes halogenated alkanes) is 2. The molecular weight excluding hydrogens is 166 g/mol. The largest absolute Gasteiger partial charge is 0.364 e. The van der Waals surface area contributed by atoms with Gasteiger partial charge in [-0.05, 0) is 18.9 Å². The predicted octanol–water partition coefficient (Wildman–Crippen LogP) is 1.24. The summed E-state index contributed by atoms with van der Waals surface area (Å²) in [5, 5.41) is 6.59. The second kappa shape index (κ2) is 4.64. The van der Waals surface area contributed by atoms with Crippen molar-refractivity contribution in [2.45, 2.75) is 32.6 Å². The average molecular weight is 181 g/mol. The van der Waals surface area contributed by atoms with Crippen LogP contribution in [-0.4, -0.2) is 16.1 Å². The first kappa shape index (κ1) is 9.77. The zero-order chi connectivity index (χ0) is 9.68. The number of aryl methyl sites for hydroxylation is 1. The van der Waals surface area contributed by atoms with Crippen molar-refractivity contribution in [2.75, 3.05) is 0 Å². The molecule has 0 aliphatic rings. The van der Waals surface area contributed by atoms with Crippen molar-refractivity contribution in [1.29, 1.82) is 0 Å². The lowest BCUT2D eigenvalue weighted by molar-refractivity contribution is 0.0995. The first-order valence-corrected chi connectivity index (χ1v) is 4.58. The van der Waals surface area contributed by atoms with Crippen LogP contribution in [0, 0.1) is 0 Å². The highest BCUT2D eigenvalue weighted by Gasteiger charge is 2.04. The Kier molecular flexibility index (Phi) is 3.49. The first-order chi connectivity index (χ1) is 6.24. The van der Waals surface area contributed by atoms with E-state index in [9.17, 15) is 4.79 Å². The molecule has 0 aliphatic heterocycles. The lowest BCUT2D eigenvalue weighted by Crippen LogP contribution is -2.10. The number of rotatable bonds is 5. The summed E-state index contributed by atoms with van der Waals surface area (Å²) in [6, 6.07) is 1.72. The molecule has 1 rings (SSSR count). The van der Waals surface area contributed by atoms with E-state index in [-0.39, 0.29) is 0 Å². The maximum absolute atomic E-state index is 10.7. The highest BCUT2D eigenvalue weighted by molar-refractivity contribution is 5.90. The smallest absolute Gasteiger partial charge is 0.269 e. The van der Waals surface area contributed by atoms with Gasteiger partial charge in [0.05, 0.1) is 0 Å². The Labute approximate surface area is 77.5 Å². The third-order valence-electron chi connectivity index (χ3n) is 1.93. The van der Waals surface area contributed by atoms with Gasteiger partial charge in [0.1, 0.15) is 5.69 Å². The number of nitrogens with one attached hydrogen (secondary N) is 1. The Morgan fingerprint density at radius 1 is 1.62 bits per heavy atom. The van der Waals surface area contributed by atoms with Crippen LogP contribution >= 0.6 is 0 Å². The SMILES string of the molecule is CCCCCc1cc(C(N)=O)n[nH]1. The summed E-state index contributed by atoms with van der Waals surface area (Å²) in [6.45, 7) is 2.15. The quantitative estimate of drug-likeness (QED) is 0.671. The van der Waals surface area contributed by atoms with Crippen LogP contribution in [0.2, 0.25) is 0 Å². The summed E-state index contributed by atoms with van der Waals surface area (Å²) in [5.74, 6) is -0.474. The van der Waals surface area contributed by atoms with Crippen molar-refractivity contribution in [3.8, 4) is 0 Å². The molecule has 0 atom stereocenters. The number of amides is 1. The normalized spacial score (nSPS) is 10.2. The molecule has 4 nitrogen and oxygen atoms in total. The molecule has 0 bridgehead atoms. The minimum Gasteiger partial charge on any atom is -0.364 e. The molecule has 0 aliphatic carbocycles. The lowest BCUT2D eigenvalue weighted by atomic mass is 10.1. The van der Waals surface area contributed by atoms with Gasteiger partial charge >= 0.3 is 0 Å². The second-order valence-electron chi connectivity index (χ2n) is 3.10. The van der Waals surface area contributed by atoms with Crippen molar-refractivity contribution in [2.24, 2.45) is 5.73 Å². The van der Waals surface area contributed by atoms with E-state index in [2.05, 4.69) is 17.1 Å². The number of hydrogen-bond donors (Lipinski definition) is 2. The number of hydrogen-bond acceptors (Lipinski definition) is 2. The Morgan fingerprint density at radius 2 is 2.38 bits per heavy atom. The minimum absolute atomic E-state index is 0.325. The van der Waals surface area contributed by atoms with Crippen molar-refractivity contribution in [1.82, 2.24) is 10.2 Å². The molecule has 0 fully saturated rings. The molecule has 0 spiro atoms. The summed E-state index contributed by atoms with van der Waals surface area (Å²) in [5.41, 5.74) is 6.37. The van der Waals surface area contributed by atoms with E-state index in [4.69, 9.17) is 5.73 Å². The maximum Gasteiger partial charge on any atom is 0.269 e. The van der Waals surface area contributed by atoms with Gasteiger partial charge < -0.3 is 5.73 Å². The van der Waals surface area contributed by atoms with Gasteiger partial charge in [0.25, 0.3) is 5.91 Å². The fraction of sp³-hybridized carbons (Fsp3) is 0.556. The molecule has 1 amide bonds. The van der Waals surface area contributed by atoms with Crippen LogP contribution in [0.1, 0.15) is 42.4 Å². The van der Waals surface area contributed by atoms with Crippen LogP contribution in [-0.2, 0) is 6.42 Å². The fourth-order valence-electron chi connectivity index (χ4n) is 1.18. The first-order valence-electron chi connectivity index (χ1n) is 4.58. The number of aromatic nitrogens is 2. The molecule has 3 N–H and O–H groups in total. The van der Waals surface area contributed by atoms with Crippen molar-refractivity contribution in [3.63, 3.8) is 0 Å². The van der Waals surface area contributed by atoms with Crippen LogP contribution in [0.5, 0.6) is 0 Å². The summed E-state index contributed by atoms with van der Waals surface area (Å²) >= 11 is 0. The summed E-state index contributed by atoms with van der Waals surface area (Å²) in [4.78, 5) is 10.7. The van der Waals surface area contributed by atoms with Gasteiger partial charge in [-0.3, -0.25) is 9.89 Å². The number of nitrogens with two attached hydrogens (primary N) is 1. The molecular formula is C9H15N3O. The van der Waals surface area contributed by atoms with Crippen LogP contribution < -0.4 is 5.73 Å². The van der Waals surface area contributed by atoms with Crippen LogP contribution in [0.15, 0.2) is 6.07 Å². The summed E-state index contributed by atoms with van der Waals surface area (Å²) < 4.78 is 0. The van der Waals surface area contributed by atoms with Gasteiger partial charge in [-0.1, -0.05) is 19.8 Å². The fourth-order valence-corrected chi connectivity index (χ4v) is 1.18. The Bertz CT molecular complexity index is 280. The number of H-pyrrole nitrogens is 1. The summed E-state index contributed by atoms with van der Waals surface area (Å²) in [7, 11) is 0. The standard InChI is InChI=1S/C9H15N3O/c1-2-3-4-5-7-6-8(9(10)13)12-11-7/h6H,2-5H2,1H3,(H2,10,13)(H,11,12). The van der Waals surface area contributed by atoms with E-state index in [1.807, 2.05) is 0 Å². The third kappa shape index (κ3) is 2.89. The van der Waals surface area contributed by atoms with Gasteiger partial charge in [0.15, 0.2) is 0 Å². The highest BCUT2D eigenvalue weighted by atomic mass is 16.1. The van der Waals surface area contributed by atoms with E-state index in [1.165, 1.54) is 12.8 Å². The van der Waals surface area contributed by atoms with E-state index in [1.54, 1.807) is 6.07 Å². The maximum atomic E-state index is 10.7. The van der Waals surface area contributed by atoms with Crippen molar-refractivity contribution >= 4 is 5.91 Å². The zero-order valence-corrected chi connectivity index (χ0v) is 7.84. The molecule has 0 saturated carbocycles. The van der Waals surface area contributed by atoms with E-state index in [0.717, 1.165) is 18.5 Å². The van der Waals surface area contributed by atoms with Gasteiger partial charge in [-0.25, -0.2) is 0 Å². The topological polar surface area (TPSA) is 71.8 Å². The van der Waals surface area contributed by atoms with Crippen molar-refractivity contribution in [3.05, 3.63) is 17.5 Å². The molecule has 0 saturated heterocycles. The Hall–Kier alpha value is -1.32. The Morgan fingerprint density at radius 3 is 2.92 bits per heavy atom. The number of primary amides is 1. The monoisotopic (exact) mass is 181 g/mol. The Balaban J connectivity index is 2.44. The molecule has 1 heterocycles. The zero-order valence-electron chi connectivity index (χ0n) is 7.84. The molecule has 0 unspecified atom stereocenters. The third-order valence-corrected chi connectivity index (χ3v) is 1.93. The number of aromatic amines is 1. The predicted molar refractivity (Wildman–Crippen MR) is 50.3 cm³/mol. The molecule has 0 aromatic carbocycles. The number of nitrogens with zero attached hydrogens (tertiary/aromatic N) is 1. The molecule has 4 heteroatoms. The van der Waals surface area contributed by atoms with Crippen molar-refractivity contribution < 1.29 is 4.79 Å². The van der Waals surface area contributed by atoms with Crippen LogP contribution in [0.3, 0.4) is 0 Å². The van der Waals surface area contributed by atoms with Crippen LogP contribution in [0.4, 0.5) is 0 Å². The molecule has 1 aromatic heterocycles. The second-order valence-corrected chi connectivity index (χ2v) is 3.10. The number of carbonyl (C=O) groups excluding carboxylic acids is 1. The summed E-state index contributed by atoms with van der Waals surface area (Å²) in [6.07, 6.45) is 4.45. The molecule has 72 valence electrons. The van der Waals surface area contributed by atoms with Gasteiger partial charge in [-0.2, -0.15) is 5.10 Å². The minimum atomic E-state index is -0.474. The molecule has 1 aromatic rings.